The van der Waals surface area contributed by atoms with Crippen LogP contribution in [0.1, 0.15) is 31.9 Å². The number of anilines is 2. The Hall–Kier alpha value is -1.94. The van der Waals surface area contributed by atoms with E-state index in [4.69, 9.17) is 0 Å². The van der Waals surface area contributed by atoms with Crippen LogP contribution >= 0.6 is 0 Å². The number of nitrogens with zero attached hydrogens (tertiary/aromatic N) is 1. The van der Waals surface area contributed by atoms with E-state index in [0.717, 1.165) is 6.54 Å². The van der Waals surface area contributed by atoms with E-state index in [1.54, 1.807) is 0 Å². The third kappa shape index (κ3) is 5.02. The van der Waals surface area contributed by atoms with E-state index in [2.05, 4.69) is 111 Å². The van der Waals surface area contributed by atoms with E-state index >= 15 is 0 Å². The SMILES string of the molecule is CC(C)(C)c1[c-]c(CN(c2ccccc2)c2ccccc2)ccc1.[Li+]. The molecule has 0 N–H and O–H groups in total. The van der Waals surface area contributed by atoms with Gasteiger partial charge in [0.2, 0.25) is 0 Å². The molecule has 0 bridgehead atoms. The minimum atomic E-state index is 0. The summed E-state index contributed by atoms with van der Waals surface area (Å²) in [6.07, 6.45) is 0. The van der Waals surface area contributed by atoms with Crippen molar-refractivity contribution in [3.8, 4) is 0 Å². The molecular formula is C23H24LiN. The molecule has 0 heterocycles. The number of hydrogen-bond donors (Lipinski definition) is 0. The van der Waals surface area contributed by atoms with Gasteiger partial charge in [-0.1, -0.05) is 57.2 Å². The van der Waals surface area contributed by atoms with Crippen molar-refractivity contribution in [2.45, 2.75) is 32.7 Å². The summed E-state index contributed by atoms with van der Waals surface area (Å²) >= 11 is 0. The second-order valence-corrected chi connectivity index (χ2v) is 7.10. The first-order valence-electron chi connectivity index (χ1n) is 8.43. The van der Waals surface area contributed by atoms with Gasteiger partial charge < -0.3 is 4.90 Å². The van der Waals surface area contributed by atoms with Crippen molar-refractivity contribution >= 4 is 11.4 Å². The van der Waals surface area contributed by atoms with E-state index in [9.17, 15) is 0 Å². The molecule has 122 valence electrons. The first kappa shape index (κ1) is 19.4. The van der Waals surface area contributed by atoms with Crippen molar-refractivity contribution in [3.63, 3.8) is 0 Å². The average molecular weight is 321 g/mol. The van der Waals surface area contributed by atoms with Crippen LogP contribution in [-0.2, 0) is 12.0 Å². The van der Waals surface area contributed by atoms with Gasteiger partial charge in [-0.25, -0.2) is 0 Å². The number of hydrogen-bond acceptors (Lipinski definition) is 1. The number of benzene rings is 3. The zero-order valence-corrected chi connectivity index (χ0v) is 15.7. The minimum Gasteiger partial charge on any atom is -0.339 e. The molecule has 0 aliphatic heterocycles. The van der Waals surface area contributed by atoms with Crippen LogP contribution in [0.15, 0.2) is 78.9 Å². The number of rotatable bonds is 4. The van der Waals surface area contributed by atoms with Crippen molar-refractivity contribution in [1.29, 1.82) is 0 Å². The molecule has 0 fully saturated rings. The van der Waals surface area contributed by atoms with Gasteiger partial charge in [-0.3, -0.25) is 0 Å². The molecular weight excluding hydrogens is 297 g/mol. The van der Waals surface area contributed by atoms with Gasteiger partial charge in [0.1, 0.15) is 0 Å². The predicted molar refractivity (Wildman–Crippen MR) is 103 cm³/mol. The third-order valence-corrected chi connectivity index (χ3v) is 4.13. The molecule has 1 nitrogen and oxygen atoms in total. The van der Waals surface area contributed by atoms with Gasteiger partial charge in [-0.05, 0) is 29.7 Å². The van der Waals surface area contributed by atoms with Crippen molar-refractivity contribution in [2.75, 3.05) is 4.90 Å². The molecule has 0 aromatic heterocycles. The summed E-state index contributed by atoms with van der Waals surface area (Å²) in [6, 6.07) is 31.1. The second kappa shape index (κ2) is 8.43. The van der Waals surface area contributed by atoms with Gasteiger partial charge in [0.15, 0.2) is 0 Å². The fourth-order valence-corrected chi connectivity index (χ4v) is 2.76. The Bertz CT molecular complexity index is 736. The standard InChI is InChI=1S/C23H24N.Li/c1-23(2,3)20-12-10-11-19(17-20)18-24(21-13-6-4-7-14-21)22-15-8-5-9-16-22;/h4-16H,18H2,1-3H3;/q-1;+1. The van der Waals surface area contributed by atoms with E-state index in [-0.39, 0.29) is 24.3 Å². The fourth-order valence-electron chi connectivity index (χ4n) is 2.76. The second-order valence-electron chi connectivity index (χ2n) is 7.10. The molecule has 25 heavy (non-hydrogen) atoms. The van der Waals surface area contributed by atoms with Crippen molar-refractivity contribution < 1.29 is 18.9 Å². The molecule has 0 saturated carbocycles. The van der Waals surface area contributed by atoms with Gasteiger partial charge in [0.25, 0.3) is 0 Å². The van der Waals surface area contributed by atoms with Gasteiger partial charge >= 0.3 is 18.9 Å². The maximum Gasteiger partial charge on any atom is 1.00 e. The van der Waals surface area contributed by atoms with E-state index in [1.165, 1.54) is 22.5 Å². The van der Waals surface area contributed by atoms with Crippen LogP contribution in [0.2, 0.25) is 0 Å². The van der Waals surface area contributed by atoms with E-state index < -0.39 is 0 Å². The molecule has 0 saturated heterocycles. The molecule has 0 aliphatic rings. The molecule has 2 heteroatoms. The van der Waals surface area contributed by atoms with Crippen LogP contribution < -0.4 is 23.8 Å². The van der Waals surface area contributed by atoms with Crippen molar-refractivity contribution in [1.82, 2.24) is 0 Å². The summed E-state index contributed by atoms with van der Waals surface area (Å²) in [5.41, 5.74) is 4.95. The molecule has 0 aliphatic carbocycles. The third-order valence-electron chi connectivity index (χ3n) is 4.13. The first-order valence-corrected chi connectivity index (χ1v) is 8.43. The quantitative estimate of drug-likeness (QED) is 0.527. The summed E-state index contributed by atoms with van der Waals surface area (Å²) in [7, 11) is 0. The monoisotopic (exact) mass is 321 g/mol. The summed E-state index contributed by atoms with van der Waals surface area (Å²) in [5.74, 6) is 0. The molecule has 3 aromatic carbocycles. The molecule has 3 rings (SSSR count). The topological polar surface area (TPSA) is 3.24 Å². The van der Waals surface area contributed by atoms with Crippen LogP contribution in [0, 0.1) is 6.07 Å². The summed E-state index contributed by atoms with van der Waals surface area (Å²) < 4.78 is 0. The van der Waals surface area contributed by atoms with Crippen LogP contribution in [0.25, 0.3) is 0 Å². The zero-order chi connectivity index (χ0) is 17.0. The molecule has 0 unspecified atom stereocenters. The van der Waals surface area contributed by atoms with Gasteiger partial charge in [-0.15, -0.1) is 5.56 Å². The van der Waals surface area contributed by atoms with Crippen LogP contribution in [0.5, 0.6) is 0 Å². The normalized spacial score (nSPS) is 10.8. The van der Waals surface area contributed by atoms with Crippen LogP contribution in [-0.4, -0.2) is 0 Å². The fraction of sp³-hybridized carbons (Fsp3) is 0.217. The Morgan fingerprint density at radius 2 is 1.24 bits per heavy atom. The van der Waals surface area contributed by atoms with E-state index in [1.807, 2.05) is 0 Å². The Morgan fingerprint density at radius 1 is 0.720 bits per heavy atom. The minimum absolute atomic E-state index is 0. The summed E-state index contributed by atoms with van der Waals surface area (Å²) in [6.45, 7) is 7.50. The smallest absolute Gasteiger partial charge is 0.339 e. The van der Waals surface area contributed by atoms with Gasteiger partial charge in [0, 0.05) is 17.9 Å². The van der Waals surface area contributed by atoms with Gasteiger partial charge in [-0.2, -0.15) is 29.8 Å². The predicted octanol–water partition coefficient (Wildman–Crippen LogP) is 3.13. The number of para-hydroxylation sites is 2. The van der Waals surface area contributed by atoms with Crippen molar-refractivity contribution in [2.24, 2.45) is 0 Å². The Kier molecular flexibility index (Phi) is 6.54. The maximum absolute atomic E-state index is 3.61. The average Bonchev–Trinajstić information content (AvgIpc) is 2.61. The van der Waals surface area contributed by atoms with Crippen LogP contribution in [0.4, 0.5) is 11.4 Å². The molecule has 0 amide bonds. The molecule has 3 aromatic rings. The molecule has 0 atom stereocenters. The summed E-state index contributed by atoms with van der Waals surface area (Å²) in [4.78, 5) is 2.33. The van der Waals surface area contributed by atoms with E-state index in [0.29, 0.717) is 0 Å². The first-order chi connectivity index (χ1) is 11.5. The van der Waals surface area contributed by atoms with Crippen LogP contribution in [0.3, 0.4) is 0 Å². The molecule has 0 spiro atoms. The zero-order valence-electron chi connectivity index (χ0n) is 15.7. The largest absolute Gasteiger partial charge is 1.00 e. The van der Waals surface area contributed by atoms with Gasteiger partial charge in [0.05, 0.1) is 0 Å². The summed E-state index contributed by atoms with van der Waals surface area (Å²) in [5, 5.41) is 0. The maximum atomic E-state index is 3.61. The Morgan fingerprint density at radius 3 is 1.72 bits per heavy atom. The van der Waals surface area contributed by atoms with Crippen molar-refractivity contribution in [3.05, 3.63) is 96.1 Å². The Labute approximate surface area is 163 Å². The Balaban J connectivity index is 0.00000225. The molecule has 0 radical (unpaired) electrons.